The third kappa shape index (κ3) is 3.67. The SMILES string of the molecule is CCCOC1CCCN(c2cc(C)c(N)c(C(=O)O)c2)C1. The number of nitrogen functional groups attached to an aromatic ring is 1. The van der Waals surface area contributed by atoms with Crippen LogP contribution in [-0.4, -0.2) is 36.9 Å². The van der Waals surface area contributed by atoms with Crippen LogP contribution in [0.5, 0.6) is 0 Å². The molecule has 0 spiro atoms. The highest BCUT2D eigenvalue weighted by Crippen LogP contribution is 2.28. The Labute approximate surface area is 125 Å². The van der Waals surface area contributed by atoms with Gasteiger partial charge in [0.15, 0.2) is 0 Å². The lowest BCUT2D eigenvalue weighted by atomic mass is 10.0. The fourth-order valence-corrected chi connectivity index (χ4v) is 2.73. The van der Waals surface area contributed by atoms with Crippen molar-refractivity contribution in [3.8, 4) is 0 Å². The highest BCUT2D eigenvalue weighted by molar-refractivity contribution is 5.95. The van der Waals surface area contributed by atoms with Gasteiger partial charge in [-0.2, -0.15) is 0 Å². The van der Waals surface area contributed by atoms with E-state index in [4.69, 9.17) is 10.5 Å². The number of ether oxygens (including phenoxy) is 1. The molecule has 2 rings (SSSR count). The number of rotatable bonds is 5. The molecule has 1 unspecified atom stereocenters. The summed E-state index contributed by atoms with van der Waals surface area (Å²) in [5, 5.41) is 9.26. The van der Waals surface area contributed by atoms with Gasteiger partial charge in [-0.05, 0) is 43.9 Å². The third-order valence-electron chi connectivity index (χ3n) is 3.90. The van der Waals surface area contributed by atoms with Crippen LogP contribution in [0.25, 0.3) is 0 Å². The number of carbonyl (C=O) groups is 1. The molecule has 0 amide bonds. The van der Waals surface area contributed by atoms with Crippen LogP contribution in [-0.2, 0) is 4.74 Å². The highest BCUT2D eigenvalue weighted by Gasteiger charge is 2.22. The first-order chi connectivity index (χ1) is 10.0. The molecule has 1 heterocycles. The van der Waals surface area contributed by atoms with Gasteiger partial charge in [-0.3, -0.25) is 0 Å². The standard InChI is InChI=1S/C16H24N2O3/c1-3-7-21-13-5-4-6-18(10-13)12-8-11(2)15(17)14(9-12)16(19)20/h8-9,13H,3-7,10,17H2,1-2H3,(H,19,20). The quantitative estimate of drug-likeness (QED) is 0.816. The summed E-state index contributed by atoms with van der Waals surface area (Å²) < 4.78 is 5.83. The summed E-state index contributed by atoms with van der Waals surface area (Å²) in [6.45, 7) is 6.46. The van der Waals surface area contributed by atoms with Gasteiger partial charge in [-0.15, -0.1) is 0 Å². The molecule has 0 radical (unpaired) electrons. The molecule has 3 N–H and O–H groups in total. The van der Waals surface area contributed by atoms with Crippen molar-refractivity contribution < 1.29 is 14.6 Å². The van der Waals surface area contributed by atoms with E-state index >= 15 is 0 Å². The van der Waals surface area contributed by atoms with Gasteiger partial charge in [0.1, 0.15) is 0 Å². The lowest BCUT2D eigenvalue weighted by Gasteiger charge is -2.34. The minimum absolute atomic E-state index is 0.182. The number of carboxylic acids is 1. The molecule has 0 aliphatic carbocycles. The summed E-state index contributed by atoms with van der Waals surface area (Å²) in [6, 6.07) is 3.64. The van der Waals surface area contributed by atoms with Gasteiger partial charge in [-0.1, -0.05) is 6.92 Å². The number of hydrogen-bond donors (Lipinski definition) is 2. The van der Waals surface area contributed by atoms with Gasteiger partial charge in [0.05, 0.1) is 11.7 Å². The van der Waals surface area contributed by atoms with E-state index in [1.54, 1.807) is 6.07 Å². The normalized spacial score (nSPS) is 18.8. The molecular weight excluding hydrogens is 268 g/mol. The molecule has 0 saturated carbocycles. The second-order valence-electron chi connectivity index (χ2n) is 5.61. The van der Waals surface area contributed by atoms with Gasteiger partial charge in [-0.25, -0.2) is 4.79 Å². The van der Waals surface area contributed by atoms with E-state index in [1.807, 2.05) is 13.0 Å². The topological polar surface area (TPSA) is 75.8 Å². The van der Waals surface area contributed by atoms with Crippen molar-refractivity contribution >= 4 is 17.3 Å². The Kier molecular flexibility index (Phi) is 5.07. The Morgan fingerprint density at radius 3 is 2.95 bits per heavy atom. The fourth-order valence-electron chi connectivity index (χ4n) is 2.73. The predicted octanol–water partition coefficient (Wildman–Crippen LogP) is 2.67. The van der Waals surface area contributed by atoms with E-state index in [1.165, 1.54) is 0 Å². The van der Waals surface area contributed by atoms with Crippen molar-refractivity contribution in [1.82, 2.24) is 0 Å². The highest BCUT2D eigenvalue weighted by atomic mass is 16.5. The number of piperidine rings is 1. The molecule has 21 heavy (non-hydrogen) atoms. The molecule has 1 aliphatic heterocycles. The second-order valence-corrected chi connectivity index (χ2v) is 5.61. The Morgan fingerprint density at radius 1 is 1.52 bits per heavy atom. The zero-order valence-electron chi connectivity index (χ0n) is 12.8. The van der Waals surface area contributed by atoms with Crippen molar-refractivity contribution in [1.29, 1.82) is 0 Å². The van der Waals surface area contributed by atoms with Crippen LogP contribution < -0.4 is 10.6 Å². The van der Waals surface area contributed by atoms with Crippen molar-refractivity contribution in [3.63, 3.8) is 0 Å². The number of aromatic carboxylic acids is 1. The monoisotopic (exact) mass is 292 g/mol. The lowest BCUT2D eigenvalue weighted by Crippen LogP contribution is -2.40. The fraction of sp³-hybridized carbons (Fsp3) is 0.562. The number of benzene rings is 1. The average Bonchev–Trinajstić information content (AvgIpc) is 2.47. The number of anilines is 2. The summed E-state index contributed by atoms with van der Waals surface area (Å²) in [4.78, 5) is 13.5. The van der Waals surface area contributed by atoms with E-state index in [0.717, 1.165) is 50.2 Å². The smallest absolute Gasteiger partial charge is 0.337 e. The van der Waals surface area contributed by atoms with E-state index in [2.05, 4.69) is 11.8 Å². The molecule has 116 valence electrons. The third-order valence-corrected chi connectivity index (χ3v) is 3.90. The lowest BCUT2D eigenvalue weighted by molar-refractivity contribution is 0.0440. The molecular formula is C16H24N2O3. The van der Waals surface area contributed by atoms with E-state index in [0.29, 0.717) is 5.69 Å². The minimum Gasteiger partial charge on any atom is -0.478 e. The number of aryl methyl sites for hydroxylation is 1. The molecule has 1 atom stereocenters. The summed E-state index contributed by atoms with van der Waals surface area (Å²) in [7, 11) is 0. The van der Waals surface area contributed by atoms with Gasteiger partial charge in [0.2, 0.25) is 0 Å². The summed E-state index contributed by atoms with van der Waals surface area (Å²) in [6.07, 6.45) is 3.36. The maximum absolute atomic E-state index is 11.3. The van der Waals surface area contributed by atoms with Crippen molar-refractivity contribution in [3.05, 3.63) is 23.3 Å². The van der Waals surface area contributed by atoms with Crippen molar-refractivity contribution in [2.45, 2.75) is 39.2 Å². The second kappa shape index (κ2) is 6.80. The summed E-state index contributed by atoms with van der Waals surface area (Å²) in [5.41, 5.74) is 8.11. The van der Waals surface area contributed by atoms with Crippen LogP contribution in [0.15, 0.2) is 12.1 Å². The Bertz CT molecular complexity index is 516. The predicted molar refractivity (Wildman–Crippen MR) is 84.0 cm³/mol. The van der Waals surface area contributed by atoms with Crippen LogP contribution >= 0.6 is 0 Å². The number of nitrogens with zero attached hydrogens (tertiary/aromatic N) is 1. The van der Waals surface area contributed by atoms with Gasteiger partial charge >= 0.3 is 5.97 Å². The molecule has 1 aliphatic rings. The van der Waals surface area contributed by atoms with Crippen LogP contribution in [0, 0.1) is 6.92 Å². The van der Waals surface area contributed by atoms with E-state index in [-0.39, 0.29) is 11.7 Å². The molecule has 0 aromatic heterocycles. The zero-order valence-corrected chi connectivity index (χ0v) is 12.8. The molecule has 5 heteroatoms. The molecule has 0 bridgehead atoms. The maximum Gasteiger partial charge on any atom is 0.337 e. The number of hydrogen-bond acceptors (Lipinski definition) is 4. The largest absolute Gasteiger partial charge is 0.478 e. The first kappa shape index (κ1) is 15.6. The van der Waals surface area contributed by atoms with Gasteiger partial charge in [0, 0.05) is 31.1 Å². The number of carboxylic acid groups (broad SMARTS) is 1. The molecule has 1 fully saturated rings. The van der Waals surface area contributed by atoms with Crippen molar-refractivity contribution in [2.24, 2.45) is 0 Å². The molecule has 1 aromatic rings. The van der Waals surface area contributed by atoms with Crippen LogP contribution in [0.1, 0.15) is 42.1 Å². The first-order valence-electron chi connectivity index (χ1n) is 7.53. The summed E-state index contributed by atoms with van der Waals surface area (Å²) in [5.74, 6) is -0.978. The number of nitrogens with two attached hydrogens (primary N) is 1. The van der Waals surface area contributed by atoms with Gasteiger partial charge in [0.25, 0.3) is 0 Å². The summed E-state index contributed by atoms with van der Waals surface area (Å²) >= 11 is 0. The van der Waals surface area contributed by atoms with Gasteiger partial charge < -0.3 is 20.5 Å². The first-order valence-corrected chi connectivity index (χ1v) is 7.53. The Morgan fingerprint density at radius 2 is 2.29 bits per heavy atom. The molecule has 5 nitrogen and oxygen atoms in total. The molecule has 1 aromatic carbocycles. The maximum atomic E-state index is 11.3. The molecule has 1 saturated heterocycles. The van der Waals surface area contributed by atoms with Crippen LogP contribution in [0.3, 0.4) is 0 Å². The Hall–Kier alpha value is -1.75. The van der Waals surface area contributed by atoms with Crippen LogP contribution in [0.2, 0.25) is 0 Å². The van der Waals surface area contributed by atoms with E-state index in [9.17, 15) is 9.90 Å². The van der Waals surface area contributed by atoms with Crippen LogP contribution in [0.4, 0.5) is 11.4 Å². The van der Waals surface area contributed by atoms with E-state index < -0.39 is 5.97 Å². The average molecular weight is 292 g/mol. The zero-order chi connectivity index (χ0) is 15.4. The Balaban J connectivity index is 2.19. The van der Waals surface area contributed by atoms with Crippen molar-refractivity contribution in [2.75, 3.05) is 30.3 Å². The minimum atomic E-state index is -0.978.